The number of nitrogens with zero attached hydrogens (tertiary/aromatic N) is 1. The van der Waals surface area contributed by atoms with Crippen molar-refractivity contribution in [3.05, 3.63) is 0 Å². The van der Waals surface area contributed by atoms with Crippen LogP contribution in [0.4, 0.5) is 0 Å². The van der Waals surface area contributed by atoms with Crippen LogP contribution in [-0.2, 0) is 4.74 Å². The highest BCUT2D eigenvalue weighted by Crippen LogP contribution is 2.18. The van der Waals surface area contributed by atoms with Gasteiger partial charge in [0.2, 0.25) is 0 Å². The maximum atomic E-state index is 5.58. The normalized spacial score (nSPS) is 35.8. The van der Waals surface area contributed by atoms with Crippen LogP contribution in [-0.4, -0.2) is 31.3 Å². The van der Waals surface area contributed by atoms with E-state index < -0.39 is 0 Å². The lowest BCUT2D eigenvalue weighted by molar-refractivity contribution is 0.0809. The molecule has 0 aromatic rings. The standard InChI is InChI=1S/C8H15N3O/c9-8-10-4-3-6(11-8)7-2-1-5-12-7/h6-7H,1-5H2,(H3,9,10,11). The molecule has 1 saturated heterocycles. The third-order valence-corrected chi connectivity index (χ3v) is 2.47. The van der Waals surface area contributed by atoms with E-state index in [1.54, 1.807) is 0 Å². The van der Waals surface area contributed by atoms with Gasteiger partial charge in [-0.05, 0) is 19.3 Å². The molecular formula is C8H15N3O. The van der Waals surface area contributed by atoms with Crippen molar-refractivity contribution in [1.82, 2.24) is 5.32 Å². The van der Waals surface area contributed by atoms with E-state index in [-0.39, 0.29) is 0 Å². The average Bonchev–Trinajstić information content (AvgIpc) is 2.56. The Balaban J connectivity index is 1.91. The lowest BCUT2D eigenvalue weighted by atomic mass is 10.0. The zero-order chi connectivity index (χ0) is 8.39. The maximum absolute atomic E-state index is 5.58. The molecule has 3 N–H and O–H groups in total. The summed E-state index contributed by atoms with van der Waals surface area (Å²) in [6.45, 7) is 1.74. The van der Waals surface area contributed by atoms with Crippen LogP contribution >= 0.6 is 0 Å². The molecular weight excluding hydrogens is 154 g/mol. The molecule has 2 aliphatic rings. The largest absolute Gasteiger partial charge is 0.376 e. The third-order valence-electron chi connectivity index (χ3n) is 2.47. The molecule has 0 saturated carbocycles. The van der Waals surface area contributed by atoms with Gasteiger partial charge in [-0.25, -0.2) is 0 Å². The summed E-state index contributed by atoms with van der Waals surface area (Å²) in [4.78, 5) is 4.08. The van der Waals surface area contributed by atoms with Crippen LogP contribution in [0.25, 0.3) is 0 Å². The molecule has 0 aromatic carbocycles. The number of hydrogen-bond acceptors (Lipinski definition) is 4. The van der Waals surface area contributed by atoms with Gasteiger partial charge >= 0.3 is 0 Å². The van der Waals surface area contributed by atoms with Crippen LogP contribution in [0.15, 0.2) is 4.99 Å². The lowest BCUT2D eigenvalue weighted by Gasteiger charge is -2.27. The third kappa shape index (κ3) is 1.53. The van der Waals surface area contributed by atoms with Gasteiger partial charge in [-0.3, -0.25) is 4.99 Å². The summed E-state index contributed by atoms with van der Waals surface area (Å²) in [5, 5.41) is 3.16. The molecule has 12 heavy (non-hydrogen) atoms. The molecule has 0 radical (unpaired) electrons. The summed E-state index contributed by atoms with van der Waals surface area (Å²) < 4.78 is 5.57. The first-order valence-electron chi connectivity index (χ1n) is 4.54. The van der Waals surface area contributed by atoms with Crippen LogP contribution in [0.1, 0.15) is 19.3 Å². The molecule has 0 amide bonds. The summed E-state index contributed by atoms with van der Waals surface area (Å²) in [5.41, 5.74) is 5.58. The van der Waals surface area contributed by atoms with Crippen molar-refractivity contribution in [3.63, 3.8) is 0 Å². The highest BCUT2D eigenvalue weighted by Gasteiger charge is 2.27. The Morgan fingerprint density at radius 2 is 2.42 bits per heavy atom. The molecule has 2 unspecified atom stereocenters. The highest BCUT2D eigenvalue weighted by atomic mass is 16.5. The van der Waals surface area contributed by atoms with Crippen molar-refractivity contribution in [2.45, 2.75) is 31.4 Å². The second-order valence-corrected chi connectivity index (χ2v) is 3.36. The molecule has 2 rings (SSSR count). The van der Waals surface area contributed by atoms with E-state index in [9.17, 15) is 0 Å². The fraction of sp³-hybridized carbons (Fsp3) is 0.875. The Kier molecular flexibility index (Phi) is 2.17. The fourth-order valence-electron chi connectivity index (χ4n) is 1.83. The lowest BCUT2D eigenvalue weighted by Crippen LogP contribution is -2.49. The average molecular weight is 169 g/mol. The minimum atomic E-state index is 0.360. The summed E-state index contributed by atoms with van der Waals surface area (Å²) in [5.74, 6) is 0.571. The first kappa shape index (κ1) is 7.86. The van der Waals surface area contributed by atoms with Gasteiger partial charge in [-0.2, -0.15) is 0 Å². The number of nitrogens with one attached hydrogen (secondary N) is 1. The molecule has 4 nitrogen and oxygen atoms in total. The Bertz CT molecular complexity index is 187. The van der Waals surface area contributed by atoms with Crippen molar-refractivity contribution < 1.29 is 4.74 Å². The van der Waals surface area contributed by atoms with Crippen molar-refractivity contribution >= 4 is 5.96 Å². The van der Waals surface area contributed by atoms with Crippen LogP contribution in [0.5, 0.6) is 0 Å². The SMILES string of the molecule is NC1=NCCC(C2CCCO2)N1. The molecule has 0 aromatic heterocycles. The van der Waals surface area contributed by atoms with Crippen molar-refractivity contribution in [3.8, 4) is 0 Å². The number of ether oxygens (including phenoxy) is 1. The first-order chi connectivity index (χ1) is 5.86. The predicted molar refractivity (Wildman–Crippen MR) is 47.0 cm³/mol. The molecule has 0 spiro atoms. The van der Waals surface area contributed by atoms with Gasteiger partial charge in [0.05, 0.1) is 12.1 Å². The smallest absolute Gasteiger partial charge is 0.188 e. The maximum Gasteiger partial charge on any atom is 0.188 e. The van der Waals surface area contributed by atoms with Gasteiger partial charge in [0.15, 0.2) is 5.96 Å². The Morgan fingerprint density at radius 3 is 3.08 bits per heavy atom. The zero-order valence-electron chi connectivity index (χ0n) is 7.12. The van der Waals surface area contributed by atoms with Gasteiger partial charge in [-0.15, -0.1) is 0 Å². The van der Waals surface area contributed by atoms with Gasteiger partial charge in [-0.1, -0.05) is 0 Å². The summed E-state index contributed by atoms with van der Waals surface area (Å²) in [6.07, 6.45) is 3.75. The summed E-state index contributed by atoms with van der Waals surface area (Å²) in [6, 6.07) is 0.394. The minimum Gasteiger partial charge on any atom is -0.376 e. The molecule has 2 aliphatic heterocycles. The molecule has 0 aliphatic carbocycles. The molecule has 0 bridgehead atoms. The van der Waals surface area contributed by atoms with Gasteiger partial charge in [0.25, 0.3) is 0 Å². The Labute approximate surface area is 72.2 Å². The van der Waals surface area contributed by atoms with Gasteiger partial charge in [0, 0.05) is 13.2 Å². The number of hydrogen-bond donors (Lipinski definition) is 2. The van der Waals surface area contributed by atoms with E-state index in [4.69, 9.17) is 10.5 Å². The Hall–Kier alpha value is -0.770. The van der Waals surface area contributed by atoms with E-state index in [0.717, 1.165) is 26.0 Å². The molecule has 4 heteroatoms. The number of aliphatic imine (C=N–C) groups is 1. The van der Waals surface area contributed by atoms with E-state index in [0.29, 0.717) is 18.1 Å². The predicted octanol–water partition coefficient (Wildman–Crippen LogP) is -0.158. The van der Waals surface area contributed by atoms with Crippen LogP contribution in [0.3, 0.4) is 0 Å². The first-order valence-corrected chi connectivity index (χ1v) is 4.54. The summed E-state index contributed by atoms with van der Waals surface area (Å²) in [7, 11) is 0. The molecule has 2 atom stereocenters. The number of nitrogens with two attached hydrogens (primary N) is 1. The van der Waals surface area contributed by atoms with Crippen LogP contribution in [0, 0.1) is 0 Å². The molecule has 1 fully saturated rings. The van der Waals surface area contributed by atoms with Gasteiger partial charge < -0.3 is 15.8 Å². The summed E-state index contributed by atoms with van der Waals surface area (Å²) >= 11 is 0. The zero-order valence-corrected chi connectivity index (χ0v) is 7.12. The van der Waals surface area contributed by atoms with E-state index in [1.165, 1.54) is 6.42 Å². The highest BCUT2D eigenvalue weighted by molar-refractivity contribution is 5.78. The Morgan fingerprint density at radius 1 is 1.50 bits per heavy atom. The van der Waals surface area contributed by atoms with E-state index in [1.807, 2.05) is 0 Å². The van der Waals surface area contributed by atoms with E-state index in [2.05, 4.69) is 10.3 Å². The van der Waals surface area contributed by atoms with Crippen LogP contribution in [0.2, 0.25) is 0 Å². The van der Waals surface area contributed by atoms with E-state index >= 15 is 0 Å². The van der Waals surface area contributed by atoms with Gasteiger partial charge in [0.1, 0.15) is 0 Å². The molecule has 2 heterocycles. The minimum absolute atomic E-state index is 0.360. The van der Waals surface area contributed by atoms with Crippen molar-refractivity contribution in [2.75, 3.05) is 13.2 Å². The second-order valence-electron chi connectivity index (χ2n) is 3.36. The topological polar surface area (TPSA) is 59.6 Å². The fourth-order valence-corrected chi connectivity index (χ4v) is 1.83. The van der Waals surface area contributed by atoms with Crippen molar-refractivity contribution in [1.29, 1.82) is 0 Å². The van der Waals surface area contributed by atoms with Crippen molar-refractivity contribution in [2.24, 2.45) is 10.7 Å². The monoisotopic (exact) mass is 169 g/mol. The number of guanidine groups is 1. The van der Waals surface area contributed by atoms with Crippen LogP contribution < -0.4 is 11.1 Å². The second kappa shape index (κ2) is 3.31. The molecule has 68 valence electrons. The quantitative estimate of drug-likeness (QED) is 0.573. The number of rotatable bonds is 1.